The van der Waals surface area contributed by atoms with Gasteiger partial charge in [-0.25, -0.2) is 8.42 Å². The molecule has 0 radical (unpaired) electrons. The van der Waals surface area contributed by atoms with E-state index in [0.29, 0.717) is 13.0 Å². The summed E-state index contributed by atoms with van der Waals surface area (Å²) in [7, 11) is -3.72. The number of anilines is 1. The summed E-state index contributed by atoms with van der Waals surface area (Å²) in [5.74, 6) is -0.237. The van der Waals surface area contributed by atoms with Gasteiger partial charge >= 0.3 is 0 Å². The molecule has 8 heteroatoms. The molecule has 0 saturated carbocycles. The lowest BCUT2D eigenvalue weighted by Gasteiger charge is -2.21. The third-order valence-electron chi connectivity index (χ3n) is 4.62. The van der Waals surface area contributed by atoms with Crippen molar-refractivity contribution in [3.05, 3.63) is 23.8 Å². The molecular weight excluding hydrogens is 330 g/mol. The topological polar surface area (TPSA) is 78.0 Å². The number of rotatable bonds is 3. The molecule has 0 aliphatic carbocycles. The number of hydrogen-bond donors (Lipinski definition) is 0. The number of hydrogen-bond acceptors (Lipinski definition) is 4. The Bertz CT molecular complexity index is 806. The monoisotopic (exact) mass is 351 g/mol. The molecule has 1 fully saturated rings. The molecule has 1 aromatic rings. The number of nitrogens with zero attached hydrogens (tertiary/aromatic N) is 3. The van der Waals surface area contributed by atoms with E-state index in [2.05, 4.69) is 0 Å². The second-order valence-electron chi connectivity index (χ2n) is 6.24. The summed E-state index contributed by atoms with van der Waals surface area (Å²) in [6.45, 7) is 5.72. The third kappa shape index (κ3) is 2.59. The molecule has 2 aliphatic heterocycles. The fourth-order valence-electron chi connectivity index (χ4n) is 3.40. The van der Waals surface area contributed by atoms with Crippen LogP contribution in [0.25, 0.3) is 0 Å². The SMILES string of the molecule is CCN1CN(S(=O)(=O)c2ccc3c(c2)CC(C)N3C(C)=O)CC1=O. The van der Waals surface area contributed by atoms with E-state index < -0.39 is 10.0 Å². The van der Waals surface area contributed by atoms with Crippen LogP contribution in [0.3, 0.4) is 0 Å². The molecule has 0 aromatic heterocycles. The maximum absolute atomic E-state index is 12.8. The van der Waals surface area contributed by atoms with E-state index in [4.69, 9.17) is 0 Å². The van der Waals surface area contributed by atoms with Crippen molar-refractivity contribution in [2.45, 2.75) is 38.1 Å². The zero-order valence-corrected chi connectivity index (χ0v) is 14.8. The largest absolute Gasteiger partial charge is 0.328 e. The van der Waals surface area contributed by atoms with E-state index >= 15 is 0 Å². The highest BCUT2D eigenvalue weighted by Gasteiger charge is 2.37. The van der Waals surface area contributed by atoms with E-state index in [1.165, 1.54) is 22.2 Å². The van der Waals surface area contributed by atoms with Gasteiger partial charge < -0.3 is 9.80 Å². The average Bonchev–Trinajstić information content (AvgIpc) is 3.05. The van der Waals surface area contributed by atoms with Crippen molar-refractivity contribution >= 4 is 27.5 Å². The summed E-state index contributed by atoms with van der Waals surface area (Å²) in [4.78, 5) is 26.9. The number of sulfonamides is 1. The first-order chi connectivity index (χ1) is 11.3. The van der Waals surface area contributed by atoms with Crippen LogP contribution >= 0.6 is 0 Å². The molecule has 2 heterocycles. The number of amides is 2. The summed E-state index contributed by atoms with van der Waals surface area (Å²) in [5.41, 5.74) is 1.61. The van der Waals surface area contributed by atoms with Gasteiger partial charge in [0.05, 0.1) is 18.1 Å². The molecule has 3 rings (SSSR count). The van der Waals surface area contributed by atoms with Crippen molar-refractivity contribution in [2.24, 2.45) is 0 Å². The van der Waals surface area contributed by atoms with Crippen LogP contribution in [0.15, 0.2) is 23.1 Å². The zero-order chi connectivity index (χ0) is 17.6. The van der Waals surface area contributed by atoms with Crippen LogP contribution in [0.1, 0.15) is 26.3 Å². The second kappa shape index (κ2) is 5.86. The van der Waals surface area contributed by atoms with E-state index in [1.54, 1.807) is 17.0 Å². The molecule has 1 unspecified atom stereocenters. The molecule has 7 nitrogen and oxygen atoms in total. The van der Waals surface area contributed by atoms with Crippen LogP contribution in [-0.4, -0.2) is 55.2 Å². The van der Waals surface area contributed by atoms with Gasteiger partial charge in [-0.2, -0.15) is 4.31 Å². The lowest BCUT2D eigenvalue weighted by molar-refractivity contribution is -0.126. The smallest absolute Gasteiger partial charge is 0.245 e. The number of carbonyl (C=O) groups is 2. The van der Waals surface area contributed by atoms with E-state index in [0.717, 1.165) is 11.3 Å². The van der Waals surface area contributed by atoms with E-state index in [9.17, 15) is 18.0 Å². The molecule has 2 amide bonds. The Balaban J connectivity index is 1.93. The van der Waals surface area contributed by atoms with Gasteiger partial charge in [-0.05, 0) is 44.0 Å². The number of benzene rings is 1. The first-order valence-corrected chi connectivity index (χ1v) is 9.40. The quantitative estimate of drug-likeness (QED) is 0.807. The number of fused-ring (bicyclic) bond motifs is 1. The summed E-state index contributed by atoms with van der Waals surface area (Å²) in [6, 6.07) is 4.84. The maximum atomic E-state index is 12.8. The second-order valence-corrected chi connectivity index (χ2v) is 8.18. The molecule has 130 valence electrons. The van der Waals surface area contributed by atoms with Crippen LogP contribution in [0.5, 0.6) is 0 Å². The highest BCUT2D eigenvalue weighted by molar-refractivity contribution is 7.89. The minimum absolute atomic E-state index is 0.0133. The molecular formula is C16H21N3O4S. The summed E-state index contributed by atoms with van der Waals surface area (Å²) >= 11 is 0. The first kappa shape index (κ1) is 16.9. The minimum Gasteiger partial charge on any atom is -0.328 e. The summed E-state index contributed by atoms with van der Waals surface area (Å²) < 4.78 is 26.8. The highest BCUT2D eigenvalue weighted by Crippen LogP contribution is 2.34. The standard InChI is InChI=1S/C16H21N3O4S/c1-4-17-10-18(9-16(17)21)24(22,23)14-5-6-15-13(8-14)7-11(2)19(15)12(3)20/h5-6,8,11H,4,7,9-10H2,1-3H3. The fraction of sp³-hybridized carbons (Fsp3) is 0.500. The van der Waals surface area contributed by atoms with Crippen LogP contribution in [0, 0.1) is 0 Å². The van der Waals surface area contributed by atoms with Crippen molar-refractivity contribution in [2.75, 3.05) is 24.7 Å². The average molecular weight is 351 g/mol. The summed E-state index contributed by atoms with van der Waals surface area (Å²) in [5, 5.41) is 0. The molecule has 1 atom stereocenters. The Morgan fingerprint density at radius 3 is 2.62 bits per heavy atom. The van der Waals surface area contributed by atoms with Gasteiger partial charge in [0.1, 0.15) is 0 Å². The lowest BCUT2D eigenvalue weighted by atomic mass is 10.1. The van der Waals surface area contributed by atoms with Gasteiger partial charge in [-0.15, -0.1) is 0 Å². The molecule has 1 aromatic carbocycles. The van der Waals surface area contributed by atoms with Crippen molar-refractivity contribution in [1.82, 2.24) is 9.21 Å². The Morgan fingerprint density at radius 2 is 2.04 bits per heavy atom. The number of carbonyl (C=O) groups excluding carboxylic acids is 2. The first-order valence-electron chi connectivity index (χ1n) is 7.96. The Morgan fingerprint density at radius 1 is 1.33 bits per heavy atom. The van der Waals surface area contributed by atoms with Crippen LogP contribution < -0.4 is 4.90 Å². The van der Waals surface area contributed by atoms with Crippen molar-refractivity contribution in [3.63, 3.8) is 0 Å². The van der Waals surface area contributed by atoms with Gasteiger partial charge in [-0.1, -0.05) is 0 Å². The molecule has 0 spiro atoms. The normalized spacial score (nSPS) is 21.5. The molecule has 0 N–H and O–H groups in total. The van der Waals surface area contributed by atoms with Gasteiger partial charge in [0, 0.05) is 25.2 Å². The zero-order valence-electron chi connectivity index (χ0n) is 14.0. The minimum atomic E-state index is -3.72. The highest BCUT2D eigenvalue weighted by atomic mass is 32.2. The van der Waals surface area contributed by atoms with E-state index in [1.807, 2.05) is 13.8 Å². The van der Waals surface area contributed by atoms with Gasteiger partial charge in [0.15, 0.2) is 0 Å². The van der Waals surface area contributed by atoms with Gasteiger partial charge in [0.2, 0.25) is 21.8 Å². The van der Waals surface area contributed by atoms with Crippen LogP contribution in [0.4, 0.5) is 5.69 Å². The van der Waals surface area contributed by atoms with Gasteiger partial charge in [0.25, 0.3) is 0 Å². The van der Waals surface area contributed by atoms with Crippen LogP contribution in [0.2, 0.25) is 0 Å². The maximum Gasteiger partial charge on any atom is 0.245 e. The Kier molecular flexibility index (Phi) is 4.13. The molecule has 0 bridgehead atoms. The molecule has 2 aliphatic rings. The predicted molar refractivity (Wildman–Crippen MR) is 88.9 cm³/mol. The fourth-order valence-corrected chi connectivity index (χ4v) is 4.81. The Hall–Kier alpha value is -1.93. The number of likely N-dealkylation sites (N-methyl/N-ethyl adjacent to an activating group) is 1. The van der Waals surface area contributed by atoms with Gasteiger partial charge in [-0.3, -0.25) is 9.59 Å². The lowest BCUT2D eigenvalue weighted by Crippen LogP contribution is -2.33. The summed E-state index contributed by atoms with van der Waals surface area (Å²) in [6.07, 6.45) is 0.623. The van der Waals surface area contributed by atoms with Crippen molar-refractivity contribution < 1.29 is 18.0 Å². The third-order valence-corrected chi connectivity index (χ3v) is 6.39. The molecule has 1 saturated heterocycles. The van der Waals surface area contributed by atoms with Crippen LogP contribution in [-0.2, 0) is 26.0 Å². The van der Waals surface area contributed by atoms with Crippen molar-refractivity contribution in [1.29, 1.82) is 0 Å². The predicted octanol–water partition coefficient (Wildman–Crippen LogP) is 0.794. The molecule has 24 heavy (non-hydrogen) atoms. The van der Waals surface area contributed by atoms with Crippen molar-refractivity contribution in [3.8, 4) is 0 Å². The van der Waals surface area contributed by atoms with E-state index in [-0.39, 0.29) is 36.0 Å². The Labute approximate surface area is 141 Å².